The van der Waals surface area contributed by atoms with E-state index in [2.05, 4.69) is 44.0 Å². The first-order valence-corrected chi connectivity index (χ1v) is 9.78. The van der Waals surface area contributed by atoms with Crippen LogP contribution in [0.1, 0.15) is 24.2 Å². The van der Waals surface area contributed by atoms with Gasteiger partial charge in [-0.05, 0) is 24.6 Å². The lowest BCUT2D eigenvalue weighted by molar-refractivity contribution is 0.528. The van der Waals surface area contributed by atoms with E-state index in [0.29, 0.717) is 17.5 Å². The number of benzene rings is 2. The summed E-state index contributed by atoms with van der Waals surface area (Å²) in [6.07, 6.45) is 0.765. The van der Waals surface area contributed by atoms with Crippen LogP contribution in [-0.2, 0) is 18.7 Å². The van der Waals surface area contributed by atoms with Crippen molar-refractivity contribution >= 4 is 11.8 Å². The highest BCUT2D eigenvalue weighted by atomic mass is 32.2. The van der Waals surface area contributed by atoms with Crippen LogP contribution in [0.5, 0.6) is 0 Å². The van der Waals surface area contributed by atoms with Crippen molar-refractivity contribution in [2.24, 2.45) is 0 Å². The van der Waals surface area contributed by atoms with Crippen molar-refractivity contribution in [3.63, 3.8) is 0 Å². The standard InChI is InChI=1S/C20H19N5OS/c1-2-25-17(13-15-9-5-3-6-10-15)21-24-20(25)27-14-18-22-23-19(26-18)16-11-7-4-8-12-16/h3-12H,2,13-14H2,1H3. The van der Waals surface area contributed by atoms with E-state index >= 15 is 0 Å². The molecule has 0 aliphatic rings. The van der Waals surface area contributed by atoms with E-state index in [4.69, 9.17) is 4.42 Å². The lowest BCUT2D eigenvalue weighted by Gasteiger charge is -2.06. The Labute approximate surface area is 161 Å². The lowest BCUT2D eigenvalue weighted by Crippen LogP contribution is -2.04. The minimum atomic E-state index is 0.535. The van der Waals surface area contributed by atoms with Crippen LogP contribution in [0, 0.1) is 0 Å². The first-order valence-electron chi connectivity index (χ1n) is 8.80. The van der Waals surface area contributed by atoms with Crippen molar-refractivity contribution in [3.8, 4) is 11.5 Å². The van der Waals surface area contributed by atoms with Crippen LogP contribution in [0.25, 0.3) is 11.5 Å². The van der Waals surface area contributed by atoms with Gasteiger partial charge in [0.25, 0.3) is 0 Å². The molecular weight excluding hydrogens is 358 g/mol. The molecule has 0 radical (unpaired) electrons. The maximum atomic E-state index is 5.77. The van der Waals surface area contributed by atoms with Gasteiger partial charge in [-0.15, -0.1) is 20.4 Å². The second kappa shape index (κ2) is 8.18. The molecule has 0 aliphatic carbocycles. The number of rotatable bonds is 7. The normalized spacial score (nSPS) is 11.0. The third-order valence-electron chi connectivity index (χ3n) is 4.13. The molecule has 27 heavy (non-hydrogen) atoms. The van der Waals surface area contributed by atoms with Crippen LogP contribution in [-0.4, -0.2) is 25.0 Å². The second-order valence-electron chi connectivity index (χ2n) is 5.96. The molecule has 0 saturated heterocycles. The highest BCUT2D eigenvalue weighted by Gasteiger charge is 2.14. The van der Waals surface area contributed by atoms with E-state index < -0.39 is 0 Å². The maximum absolute atomic E-state index is 5.77. The minimum absolute atomic E-state index is 0.535. The molecule has 4 aromatic rings. The highest BCUT2D eigenvalue weighted by Crippen LogP contribution is 2.24. The van der Waals surface area contributed by atoms with Gasteiger partial charge in [0.2, 0.25) is 11.8 Å². The number of hydrogen-bond acceptors (Lipinski definition) is 6. The number of aromatic nitrogens is 5. The molecule has 0 spiro atoms. The fourth-order valence-corrected chi connectivity index (χ4v) is 3.65. The summed E-state index contributed by atoms with van der Waals surface area (Å²) >= 11 is 1.56. The molecule has 0 aliphatic heterocycles. The van der Waals surface area contributed by atoms with Gasteiger partial charge in [0.05, 0.1) is 5.75 Å². The van der Waals surface area contributed by atoms with Gasteiger partial charge < -0.3 is 8.98 Å². The third-order valence-corrected chi connectivity index (χ3v) is 5.08. The molecule has 7 heteroatoms. The summed E-state index contributed by atoms with van der Waals surface area (Å²) in [6, 6.07) is 20.1. The topological polar surface area (TPSA) is 69.6 Å². The average molecular weight is 377 g/mol. The minimum Gasteiger partial charge on any atom is -0.420 e. The fourth-order valence-electron chi connectivity index (χ4n) is 2.79. The van der Waals surface area contributed by atoms with E-state index in [1.807, 2.05) is 48.5 Å². The monoisotopic (exact) mass is 377 g/mol. The predicted molar refractivity (Wildman–Crippen MR) is 104 cm³/mol. The summed E-state index contributed by atoms with van der Waals surface area (Å²) < 4.78 is 7.90. The van der Waals surface area contributed by atoms with Gasteiger partial charge in [-0.25, -0.2) is 0 Å². The molecule has 0 bridgehead atoms. The van der Waals surface area contributed by atoms with Gasteiger partial charge in [0, 0.05) is 18.5 Å². The highest BCUT2D eigenvalue weighted by molar-refractivity contribution is 7.98. The zero-order valence-corrected chi connectivity index (χ0v) is 15.8. The molecule has 2 heterocycles. The van der Waals surface area contributed by atoms with Crippen molar-refractivity contribution in [2.45, 2.75) is 30.8 Å². The smallest absolute Gasteiger partial charge is 0.247 e. The molecule has 6 nitrogen and oxygen atoms in total. The zero-order valence-electron chi connectivity index (χ0n) is 14.9. The Morgan fingerprint density at radius 3 is 2.37 bits per heavy atom. The molecule has 0 amide bonds. The summed E-state index contributed by atoms with van der Waals surface area (Å²) in [5.74, 6) is 2.63. The molecule has 0 saturated carbocycles. The van der Waals surface area contributed by atoms with Crippen LogP contribution < -0.4 is 0 Å². The lowest BCUT2D eigenvalue weighted by atomic mass is 10.1. The van der Waals surface area contributed by atoms with Crippen LogP contribution in [0.4, 0.5) is 0 Å². The zero-order chi connectivity index (χ0) is 18.5. The molecular formula is C20H19N5OS. The molecule has 0 unspecified atom stereocenters. The summed E-state index contributed by atoms with van der Waals surface area (Å²) in [4.78, 5) is 0. The van der Waals surface area contributed by atoms with Crippen molar-refractivity contribution in [3.05, 3.63) is 77.9 Å². The first-order chi connectivity index (χ1) is 13.3. The van der Waals surface area contributed by atoms with Crippen LogP contribution >= 0.6 is 11.8 Å². The largest absolute Gasteiger partial charge is 0.420 e. The van der Waals surface area contributed by atoms with Crippen molar-refractivity contribution in [2.75, 3.05) is 0 Å². The Morgan fingerprint density at radius 2 is 1.63 bits per heavy atom. The number of hydrogen-bond donors (Lipinski definition) is 0. The van der Waals surface area contributed by atoms with Gasteiger partial charge >= 0.3 is 0 Å². The van der Waals surface area contributed by atoms with E-state index in [1.54, 1.807) is 11.8 Å². The first kappa shape index (κ1) is 17.5. The summed E-state index contributed by atoms with van der Waals surface area (Å²) in [5.41, 5.74) is 2.14. The molecule has 136 valence electrons. The van der Waals surface area contributed by atoms with Crippen LogP contribution in [0.15, 0.2) is 70.2 Å². The average Bonchev–Trinajstić information content (AvgIpc) is 3.34. The Hall–Kier alpha value is -2.93. The van der Waals surface area contributed by atoms with Crippen molar-refractivity contribution < 1.29 is 4.42 Å². The van der Waals surface area contributed by atoms with Crippen molar-refractivity contribution in [1.29, 1.82) is 0 Å². The Bertz CT molecular complexity index is 998. The predicted octanol–water partition coefficient (Wildman–Crippen LogP) is 4.23. The van der Waals surface area contributed by atoms with Gasteiger partial charge in [-0.1, -0.05) is 60.3 Å². The summed E-state index contributed by atoms with van der Waals surface area (Å²) in [7, 11) is 0. The van der Waals surface area contributed by atoms with Crippen LogP contribution in [0.2, 0.25) is 0 Å². The number of thioether (sulfide) groups is 1. The van der Waals surface area contributed by atoms with Gasteiger partial charge in [0.15, 0.2) is 5.16 Å². The van der Waals surface area contributed by atoms with Gasteiger partial charge in [-0.3, -0.25) is 0 Å². The van der Waals surface area contributed by atoms with E-state index in [1.165, 1.54) is 5.56 Å². The second-order valence-corrected chi connectivity index (χ2v) is 6.90. The number of nitrogens with zero attached hydrogens (tertiary/aromatic N) is 5. The van der Waals surface area contributed by atoms with Gasteiger partial charge in [-0.2, -0.15) is 0 Å². The van der Waals surface area contributed by atoms with E-state index in [-0.39, 0.29) is 0 Å². The molecule has 4 rings (SSSR count). The Morgan fingerprint density at radius 1 is 0.889 bits per heavy atom. The van der Waals surface area contributed by atoms with Gasteiger partial charge in [0.1, 0.15) is 5.82 Å². The fraction of sp³-hybridized carbons (Fsp3) is 0.200. The van der Waals surface area contributed by atoms with E-state index in [9.17, 15) is 0 Å². The quantitative estimate of drug-likeness (QED) is 0.449. The third kappa shape index (κ3) is 4.09. The van der Waals surface area contributed by atoms with Crippen LogP contribution in [0.3, 0.4) is 0 Å². The molecule has 2 aromatic heterocycles. The molecule has 0 atom stereocenters. The molecule has 0 N–H and O–H groups in total. The SMILES string of the molecule is CCn1c(Cc2ccccc2)nnc1SCc1nnc(-c2ccccc2)o1. The molecule has 2 aromatic carbocycles. The van der Waals surface area contributed by atoms with E-state index in [0.717, 1.165) is 29.5 Å². The maximum Gasteiger partial charge on any atom is 0.247 e. The molecule has 0 fully saturated rings. The Balaban J connectivity index is 1.45. The Kier molecular flexibility index (Phi) is 5.29. The summed E-state index contributed by atoms with van der Waals surface area (Å²) in [6.45, 7) is 2.92. The van der Waals surface area contributed by atoms with Crippen molar-refractivity contribution in [1.82, 2.24) is 25.0 Å². The summed E-state index contributed by atoms with van der Waals surface area (Å²) in [5, 5.41) is 17.9.